The first-order valence-electron chi connectivity index (χ1n) is 5.85. The Bertz CT molecular complexity index is 218. The van der Waals surface area contributed by atoms with Crippen LogP contribution in [0.1, 0.15) is 12.8 Å². The first kappa shape index (κ1) is 17.6. The number of hydrogen-bond acceptors (Lipinski definition) is 6. The zero-order chi connectivity index (χ0) is 13.6. The van der Waals surface area contributed by atoms with E-state index in [9.17, 15) is 9.59 Å². The van der Waals surface area contributed by atoms with Crippen LogP contribution < -0.4 is 22.1 Å². The van der Waals surface area contributed by atoms with Gasteiger partial charge in [0.1, 0.15) is 0 Å². The molecule has 0 aromatic heterocycles. The van der Waals surface area contributed by atoms with Crippen LogP contribution in [0.5, 0.6) is 0 Å². The van der Waals surface area contributed by atoms with Crippen molar-refractivity contribution < 1.29 is 9.59 Å². The van der Waals surface area contributed by atoms with Crippen molar-refractivity contribution in [2.45, 2.75) is 12.8 Å². The SMILES string of the molecule is NC(=O)CCNCCSSCCNCCC(N)=O. The van der Waals surface area contributed by atoms with Gasteiger partial charge in [0.15, 0.2) is 0 Å². The van der Waals surface area contributed by atoms with E-state index in [0.717, 1.165) is 24.6 Å². The van der Waals surface area contributed by atoms with E-state index >= 15 is 0 Å². The molecule has 0 aromatic carbocycles. The summed E-state index contributed by atoms with van der Waals surface area (Å²) in [5, 5.41) is 6.28. The molecule has 6 nitrogen and oxygen atoms in total. The summed E-state index contributed by atoms with van der Waals surface area (Å²) in [4.78, 5) is 20.9. The predicted molar refractivity (Wildman–Crippen MR) is 78.3 cm³/mol. The van der Waals surface area contributed by atoms with Crippen LogP contribution >= 0.6 is 21.6 Å². The third kappa shape index (κ3) is 15.6. The molecule has 106 valence electrons. The second-order valence-electron chi connectivity index (χ2n) is 3.58. The van der Waals surface area contributed by atoms with E-state index in [1.54, 1.807) is 21.6 Å². The van der Waals surface area contributed by atoms with E-state index in [1.807, 2.05) is 0 Å². The average Bonchev–Trinajstić information content (AvgIpc) is 2.29. The van der Waals surface area contributed by atoms with E-state index in [4.69, 9.17) is 11.5 Å². The molecule has 6 N–H and O–H groups in total. The molecule has 0 saturated heterocycles. The highest BCUT2D eigenvalue weighted by atomic mass is 33.1. The van der Waals surface area contributed by atoms with Crippen LogP contribution in [-0.4, -0.2) is 49.5 Å². The number of carbonyl (C=O) groups is 2. The van der Waals surface area contributed by atoms with E-state index in [-0.39, 0.29) is 11.8 Å². The smallest absolute Gasteiger partial charge is 0.218 e. The molecule has 0 atom stereocenters. The summed E-state index contributed by atoms with van der Waals surface area (Å²) in [6, 6.07) is 0. The molecule has 0 aliphatic rings. The Morgan fingerprint density at radius 1 is 0.778 bits per heavy atom. The van der Waals surface area contributed by atoms with Crippen LogP contribution in [0.2, 0.25) is 0 Å². The zero-order valence-electron chi connectivity index (χ0n) is 10.4. The Morgan fingerprint density at radius 2 is 1.17 bits per heavy atom. The fourth-order valence-corrected chi connectivity index (χ4v) is 2.92. The number of nitrogens with one attached hydrogen (secondary N) is 2. The highest BCUT2D eigenvalue weighted by Crippen LogP contribution is 2.19. The molecule has 8 heteroatoms. The minimum absolute atomic E-state index is 0.272. The molecule has 0 aliphatic carbocycles. The summed E-state index contributed by atoms with van der Waals surface area (Å²) < 4.78 is 0. The van der Waals surface area contributed by atoms with Gasteiger partial charge < -0.3 is 22.1 Å². The molecule has 18 heavy (non-hydrogen) atoms. The molecular weight excluding hydrogens is 272 g/mol. The van der Waals surface area contributed by atoms with Crippen molar-refractivity contribution in [1.29, 1.82) is 0 Å². The van der Waals surface area contributed by atoms with Crippen molar-refractivity contribution in [3.63, 3.8) is 0 Å². The Kier molecular flexibility index (Phi) is 12.7. The predicted octanol–water partition coefficient (Wildman–Crippen LogP) is -0.702. The Labute approximate surface area is 116 Å². The normalized spacial score (nSPS) is 10.4. The molecular formula is C10H22N4O2S2. The Morgan fingerprint density at radius 3 is 1.50 bits per heavy atom. The van der Waals surface area contributed by atoms with Gasteiger partial charge in [-0.25, -0.2) is 0 Å². The van der Waals surface area contributed by atoms with Gasteiger partial charge in [-0.05, 0) is 0 Å². The Hall–Kier alpha value is -0.440. The van der Waals surface area contributed by atoms with Crippen LogP contribution in [0.3, 0.4) is 0 Å². The van der Waals surface area contributed by atoms with Crippen molar-refractivity contribution in [2.24, 2.45) is 11.5 Å². The topological polar surface area (TPSA) is 110 Å². The van der Waals surface area contributed by atoms with E-state index in [2.05, 4.69) is 10.6 Å². The molecule has 0 bridgehead atoms. The molecule has 0 radical (unpaired) electrons. The van der Waals surface area contributed by atoms with Gasteiger partial charge in [0.2, 0.25) is 11.8 Å². The van der Waals surface area contributed by atoms with Gasteiger partial charge in [0.05, 0.1) is 0 Å². The minimum atomic E-state index is -0.272. The lowest BCUT2D eigenvalue weighted by atomic mass is 10.4. The van der Waals surface area contributed by atoms with Gasteiger partial charge in [0, 0.05) is 50.5 Å². The highest BCUT2D eigenvalue weighted by molar-refractivity contribution is 8.76. The Balaban J connectivity index is 2.99. The number of nitrogens with two attached hydrogens (primary N) is 2. The van der Waals surface area contributed by atoms with Gasteiger partial charge in [-0.15, -0.1) is 0 Å². The number of amides is 2. The molecule has 0 fully saturated rings. The maximum Gasteiger partial charge on any atom is 0.218 e. The fraction of sp³-hybridized carbons (Fsp3) is 0.800. The molecule has 0 aromatic rings. The quantitative estimate of drug-likeness (QED) is 0.264. The summed E-state index contributed by atoms with van der Waals surface area (Å²) in [5.41, 5.74) is 10.0. The molecule has 0 unspecified atom stereocenters. The van der Waals surface area contributed by atoms with Crippen LogP contribution in [0.25, 0.3) is 0 Å². The highest BCUT2D eigenvalue weighted by Gasteiger charge is 1.95. The van der Waals surface area contributed by atoms with Crippen molar-refractivity contribution in [1.82, 2.24) is 10.6 Å². The van der Waals surface area contributed by atoms with E-state index < -0.39 is 0 Å². The second kappa shape index (κ2) is 13.0. The molecule has 2 amide bonds. The molecule has 0 spiro atoms. The largest absolute Gasteiger partial charge is 0.370 e. The zero-order valence-corrected chi connectivity index (χ0v) is 12.1. The van der Waals surface area contributed by atoms with Gasteiger partial charge in [-0.1, -0.05) is 21.6 Å². The number of rotatable bonds is 13. The number of primary amides is 2. The van der Waals surface area contributed by atoms with Gasteiger partial charge >= 0.3 is 0 Å². The van der Waals surface area contributed by atoms with Crippen molar-refractivity contribution in [3.05, 3.63) is 0 Å². The van der Waals surface area contributed by atoms with Crippen molar-refractivity contribution >= 4 is 33.4 Å². The third-order valence-corrected chi connectivity index (χ3v) is 4.31. The summed E-state index contributed by atoms with van der Waals surface area (Å²) in [6.07, 6.45) is 0.781. The van der Waals surface area contributed by atoms with E-state index in [1.165, 1.54) is 0 Å². The maximum absolute atomic E-state index is 10.4. The number of carbonyl (C=O) groups excluding carboxylic acids is 2. The molecule has 0 heterocycles. The first-order chi connectivity index (χ1) is 8.63. The fourth-order valence-electron chi connectivity index (χ4n) is 1.02. The molecule has 0 saturated carbocycles. The second-order valence-corrected chi connectivity index (χ2v) is 6.28. The molecule has 0 aliphatic heterocycles. The van der Waals surface area contributed by atoms with Crippen LogP contribution in [0.4, 0.5) is 0 Å². The van der Waals surface area contributed by atoms with Crippen LogP contribution in [0.15, 0.2) is 0 Å². The summed E-state index contributed by atoms with van der Waals surface area (Å²) in [5.74, 6) is 1.44. The number of hydrogen-bond donors (Lipinski definition) is 4. The van der Waals surface area contributed by atoms with Gasteiger partial charge in [-0.3, -0.25) is 9.59 Å². The minimum Gasteiger partial charge on any atom is -0.370 e. The average molecular weight is 294 g/mol. The van der Waals surface area contributed by atoms with E-state index in [0.29, 0.717) is 25.9 Å². The third-order valence-electron chi connectivity index (χ3n) is 1.90. The standard InChI is InChI=1S/C10H22N4O2S2/c11-9(15)1-3-13-5-7-17-18-8-6-14-4-2-10(12)16/h13-14H,1-8H2,(H2,11,15)(H2,12,16). The van der Waals surface area contributed by atoms with Crippen molar-refractivity contribution in [3.8, 4) is 0 Å². The monoisotopic (exact) mass is 294 g/mol. The molecule has 0 rings (SSSR count). The lowest BCUT2D eigenvalue weighted by molar-refractivity contribution is -0.118. The lowest BCUT2D eigenvalue weighted by Gasteiger charge is -2.04. The maximum atomic E-state index is 10.4. The van der Waals surface area contributed by atoms with Gasteiger partial charge in [0.25, 0.3) is 0 Å². The summed E-state index contributed by atoms with van der Waals surface area (Å²) in [7, 11) is 3.57. The van der Waals surface area contributed by atoms with Crippen LogP contribution in [0, 0.1) is 0 Å². The van der Waals surface area contributed by atoms with Crippen LogP contribution in [-0.2, 0) is 9.59 Å². The van der Waals surface area contributed by atoms with Crippen molar-refractivity contribution in [2.75, 3.05) is 37.7 Å². The first-order valence-corrected chi connectivity index (χ1v) is 8.34. The lowest BCUT2D eigenvalue weighted by Crippen LogP contribution is -2.24. The summed E-state index contributed by atoms with van der Waals surface area (Å²) in [6.45, 7) is 3.05. The van der Waals surface area contributed by atoms with Gasteiger partial charge in [-0.2, -0.15) is 0 Å². The summed E-state index contributed by atoms with van der Waals surface area (Å²) >= 11 is 0.